The summed E-state index contributed by atoms with van der Waals surface area (Å²) >= 11 is 0. The Morgan fingerprint density at radius 3 is 2.17 bits per heavy atom. The van der Waals surface area contributed by atoms with Gasteiger partial charge in [0.25, 0.3) is 0 Å². The molecule has 0 amide bonds. The van der Waals surface area contributed by atoms with Crippen LogP contribution in [0.3, 0.4) is 0 Å². The summed E-state index contributed by atoms with van der Waals surface area (Å²) in [4.78, 5) is 0.307. The van der Waals surface area contributed by atoms with Crippen LogP contribution in [0.4, 0.5) is 0 Å². The van der Waals surface area contributed by atoms with Gasteiger partial charge in [-0.25, -0.2) is 8.42 Å². The van der Waals surface area contributed by atoms with Gasteiger partial charge in [-0.15, -0.1) is 0 Å². The molecule has 102 valence electrons. The first-order valence-corrected chi connectivity index (χ1v) is 7.50. The molecule has 0 bridgehead atoms. The lowest BCUT2D eigenvalue weighted by atomic mass is 9.90. The van der Waals surface area contributed by atoms with Crippen molar-refractivity contribution in [2.45, 2.75) is 42.9 Å². The first-order chi connectivity index (χ1) is 8.21. The van der Waals surface area contributed by atoms with Crippen LogP contribution in [0.15, 0.2) is 29.2 Å². The summed E-state index contributed by atoms with van der Waals surface area (Å²) < 4.78 is 23.9. The molecule has 1 atom stereocenters. The van der Waals surface area contributed by atoms with E-state index < -0.39 is 20.6 Å². The van der Waals surface area contributed by atoms with Gasteiger partial charge in [0.15, 0.2) is 9.84 Å². The molecule has 18 heavy (non-hydrogen) atoms. The van der Waals surface area contributed by atoms with Crippen molar-refractivity contribution in [3.05, 3.63) is 29.8 Å². The SMILES string of the molecule is CC(C)S(=O)(=O)c1ccc(C(C)(N)CCO)cc1. The molecule has 1 rings (SSSR count). The van der Waals surface area contributed by atoms with Crippen LogP contribution < -0.4 is 5.73 Å². The number of hydrogen-bond donors (Lipinski definition) is 2. The Hall–Kier alpha value is -0.910. The zero-order chi connectivity index (χ0) is 14.0. The molecule has 1 unspecified atom stereocenters. The van der Waals surface area contributed by atoms with Crippen LogP contribution in [0.25, 0.3) is 0 Å². The molecule has 0 spiro atoms. The van der Waals surface area contributed by atoms with E-state index in [1.54, 1.807) is 38.1 Å². The second-order valence-electron chi connectivity index (χ2n) is 5.01. The van der Waals surface area contributed by atoms with Crippen LogP contribution in [-0.2, 0) is 15.4 Å². The molecule has 1 aromatic rings. The standard InChI is InChI=1S/C13H21NO3S/c1-10(2)18(16,17)12-6-4-11(5-7-12)13(3,14)8-9-15/h4-7,10,15H,8-9,14H2,1-3H3. The molecule has 0 aliphatic heterocycles. The van der Waals surface area contributed by atoms with E-state index in [2.05, 4.69) is 0 Å². The highest BCUT2D eigenvalue weighted by molar-refractivity contribution is 7.92. The van der Waals surface area contributed by atoms with Gasteiger partial charge in [0.05, 0.1) is 10.1 Å². The maximum atomic E-state index is 11.9. The van der Waals surface area contributed by atoms with Gasteiger partial charge in [0.1, 0.15) is 0 Å². The van der Waals surface area contributed by atoms with Crippen molar-refractivity contribution in [3.63, 3.8) is 0 Å². The van der Waals surface area contributed by atoms with Crippen molar-refractivity contribution in [2.75, 3.05) is 6.61 Å². The molecule has 0 aromatic heterocycles. The van der Waals surface area contributed by atoms with Gasteiger partial charge in [-0.05, 0) is 44.9 Å². The Morgan fingerprint density at radius 2 is 1.78 bits per heavy atom. The fourth-order valence-electron chi connectivity index (χ4n) is 1.67. The molecule has 0 aliphatic rings. The Bertz CT molecular complexity index is 489. The highest BCUT2D eigenvalue weighted by Gasteiger charge is 2.23. The summed E-state index contributed by atoms with van der Waals surface area (Å²) in [5, 5.41) is 8.50. The lowest BCUT2D eigenvalue weighted by molar-refractivity contribution is 0.247. The fraction of sp³-hybridized carbons (Fsp3) is 0.538. The molecular formula is C13H21NO3S. The highest BCUT2D eigenvalue weighted by Crippen LogP contribution is 2.24. The number of rotatable bonds is 5. The minimum atomic E-state index is -3.24. The van der Waals surface area contributed by atoms with Crippen molar-refractivity contribution in [1.29, 1.82) is 0 Å². The van der Waals surface area contributed by atoms with E-state index in [0.29, 0.717) is 11.3 Å². The number of benzene rings is 1. The molecule has 5 heteroatoms. The summed E-state index contributed by atoms with van der Waals surface area (Å²) in [6, 6.07) is 6.58. The number of nitrogens with two attached hydrogens (primary N) is 1. The van der Waals surface area contributed by atoms with Crippen molar-refractivity contribution in [2.24, 2.45) is 5.73 Å². The number of aliphatic hydroxyl groups excluding tert-OH is 1. The second-order valence-corrected chi connectivity index (χ2v) is 7.51. The highest BCUT2D eigenvalue weighted by atomic mass is 32.2. The third-order valence-corrected chi connectivity index (χ3v) is 5.26. The van der Waals surface area contributed by atoms with Gasteiger partial charge < -0.3 is 10.8 Å². The quantitative estimate of drug-likeness (QED) is 0.849. The average molecular weight is 271 g/mol. The molecular weight excluding hydrogens is 250 g/mol. The molecule has 0 heterocycles. The second kappa shape index (κ2) is 5.38. The molecule has 0 aliphatic carbocycles. The van der Waals surface area contributed by atoms with E-state index in [4.69, 9.17) is 10.8 Å². The van der Waals surface area contributed by atoms with Gasteiger partial charge in [-0.1, -0.05) is 12.1 Å². The number of sulfone groups is 1. The zero-order valence-electron chi connectivity index (χ0n) is 11.1. The van der Waals surface area contributed by atoms with Gasteiger partial charge >= 0.3 is 0 Å². The Morgan fingerprint density at radius 1 is 1.28 bits per heavy atom. The van der Waals surface area contributed by atoms with Crippen molar-refractivity contribution < 1.29 is 13.5 Å². The van der Waals surface area contributed by atoms with E-state index in [0.717, 1.165) is 5.56 Å². The van der Waals surface area contributed by atoms with E-state index in [-0.39, 0.29) is 6.61 Å². The van der Waals surface area contributed by atoms with E-state index in [9.17, 15) is 8.42 Å². The van der Waals surface area contributed by atoms with Gasteiger partial charge in [-0.3, -0.25) is 0 Å². The zero-order valence-corrected chi connectivity index (χ0v) is 11.9. The van der Waals surface area contributed by atoms with E-state index in [1.165, 1.54) is 0 Å². The molecule has 0 saturated carbocycles. The molecule has 0 saturated heterocycles. The molecule has 4 nitrogen and oxygen atoms in total. The monoisotopic (exact) mass is 271 g/mol. The normalized spacial score (nSPS) is 15.7. The van der Waals surface area contributed by atoms with Gasteiger partial charge in [0, 0.05) is 12.1 Å². The van der Waals surface area contributed by atoms with Crippen LogP contribution in [0.5, 0.6) is 0 Å². The van der Waals surface area contributed by atoms with Crippen LogP contribution >= 0.6 is 0 Å². The summed E-state index contributed by atoms with van der Waals surface area (Å²) in [7, 11) is -3.24. The third-order valence-electron chi connectivity index (χ3n) is 3.09. The van der Waals surface area contributed by atoms with Crippen molar-refractivity contribution in [1.82, 2.24) is 0 Å². The maximum absolute atomic E-state index is 11.9. The lowest BCUT2D eigenvalue weighted by Crippen LogP contribution is -2.34. The van der Waals surface area contributed by atoms with Gasteiger partial charge in [0.2, 0.25) is 0 Å². The van der Waals surface area contributed by atoms with Crippen molar-refractivity contribution in [3.8, 4) is 0 Å². The minimum Gasteiger partial charge on any atom is -0.396 e. The molecule has 3 N–H and O–H groups in total. The first kappa shape index (κ1) is 15.1. The topological polar surface area (TPSA) is 80.4 Å². The first-order valence-electron chi connectivity index (χ1n) is 5.96. The molecule has 0 fully saturated rings. The Labute approximate surface area is 109 Å². The van der Waals surface area contributed by atoms with Crippen molar-refractivity contribution >= 4 is 9.84 Å². The summed E-state index contributed by atoms with van der Waals surface area (Å²) in [6.45, 7) is 5.12. The largest absolute Gasteiger partial charge is 0.396 e. The van der Waals surface area contributed by atoms with E-state index in [1.807, 2.05) is 6.92 Å². The Balaban J connectivity index is 3.08. The third kappa shape index (κ3) is 3.10. The summed E-state index contributed by atoms with van der Waals surface area (Å²) in [5.41, 5.74) is 6.23. The smallest absolute Gasteiger partial charge is 0.180 e. The summed E-state index contributed by atoms with van der Waals surface area (Å²) in [5.74, 6) is 0. The maximum Gasteiger partial charge on any atom is 0.180 e. The molecule has 0 radical (unpaired) electrons. The predicted molar refractivity (Wildman–Crippen MR) is 72.0 cm³/mol. The fourth-order valence-corrected chi connectivity index (χ4v) is 2.73. The Kier molecular flexibility index (Phi) is 4.53. The van der Waals surface area contributed by atoms with Crippen LogP contribution in [0.1, 0.15) is 32.8 Å². The van der Waals surface area contributed by atoms with Gasteiger partial charge in [-0.2, -0.15) is 0 Å². The van der Waals surface area contributed by atoms with Crippen LogP contribution in [0.2, 0.25) is 0 Å². The molecule has 1 aromatic carbocycles. The van der Waals surface area contributed by atoms with Crippen LogP contribution in [0, 0.1) is 0 Å². The lowest BCUT2D eigenvalue weighted by Gasteiger charge is -2.24. The number of aliphatic hydroxyl groups is 1. The average Bonchev–Trinajstić information content (AvgIpc) is 2.29. The van der Waals surface area contributed by atoms with Crippen LogP contribution in [-0.4, -0.2) is 25.4 Å². The predicted octanol–water partition coefficient (Wildman–Crippen LogP) is 1.43. The van der Waals surface area contributed by atoms with E-state index >= 15 is 0 Å². The number of hydrogen-bond acceptors (Lipinski definition) is 4. The summed E-state index contributed by atoms with van der Waals surface area (Å²) in [6.07, 6.45) is 0.434. The minimum absolute atomic E-state index is 0.000948.